The van der Waals surface area contributed by atoms with Gasteiger partial charge in [0.1, 0.15) is 6.04 Å². The first kappa shape index (κ1) is 13.1. The predicted octanol–water partition coefficient (Wildman–Crippen LogP) is 0.549. The Morgan fingerprint density at radius 2 is 2.08 bits per heavy atom. The number of rotatable bonds is 6. The average Bonchev–Trinajstić information content (AvgIpc) is 2.03. The Kier molecular flexibility index (Phi) is 6.58. The first-order chi connectivity index (χ1) is 5.95. The van der Waals surface area contributed by atoms with Crippen LogP contribution in [0.3, 0.4) is 0 Å². The number of aliphatic carboxylic acids is 1. The van der Waals surface area contributed by atoms with E-state index in [1.807, 2.05) is 6.92 Å². The zero-order valence-electron chi connectivity index (χ0n) is 7.64. The molecule has 0 saturated carbocycles. The Morgan fingerprint density at radius 3 is 2.46 bits per heavy atom. The smallest absolute Gasteiger partial charge is 0.321 e. The third-order valence-electron chi connectivity index (χ3n) is 1.46. The van der Waals surface area contributed by atoms with Crippen LogP contribution in [-0.4, -0.2) is 39.3 Å². The Hall–Kier alpha value is 0.0900. The minimum Gasteiger partial charge on any atom is -0.480 e. The van der Waals surface area contributed by atoms with Gasteiger partial charge in [0.25, 0.3) is 0 Å². The summed E-state index contributed by atoms with van der Waals surface area (Å²) in [6.07, 6.45) is -0.390. The minimum atomic E-state index is -0.988. The Morgan fingerprint density at radius 1 is 1.54 bits per heavy atom. The molecule has 13 heavy (non-hydrogen) atoms. The number of carboxylic acid groups (broad SMARTS) is 1. The largest absolute Gasteiger partial charge is 0.480 e. The van der Waals surface area contributed by atoms with Crippen molar-refractivity contribution in [2.45, 2.75) is 31.2 Å². The molecule has 78 valence electrons. The third kappa shape index (κ3) is 6.20. The summed E-state index contributed by atoms with van der Waals surface area (Å²) in [6, 6.07) is -0.821. The van der Waals surface area contributed by atoms with E-state index in [0.29, 0.717) is 5.75 Å². The summed E-state index contributed by atoms with van der Waals surface area (Å²) in [5, 5.41) is 17.7. The van der Waals surface area contributed by atoms with Gasteiger partial charge in [-0.15, -0.1) is 0 Å². The molecule has 0 amide bonds. The molecule has 0 aliphatic rings. The lowest BCUT2D eigenvalue weighted by Gasteiger charge is -2.13. The van der Waals surface area contributed by atoms with Gasteiger partial charge in [-0.25, -0.2) is 0 Å². The van der Waals surface area contributed by atoms with Gasteiger partial charge < -0.3 is 15.9 Å². The molecule has 3 atom stereocenters. The Balaban J connectivity index is 3.50. The summed E-state index contributed by atoms with van der Waals surface area (Å²) in [5.74, 6) is -0.630. The van der Waals surface area contributed by atoms with Gasteiger partial charge in [-0.05, 0) is 13.8 Å². The Labute approximate surface area is 85.7 Å². The van der Waals surface area contributed by atoms with Crippen LogP contribution in [0, 0.1) is 0 Å². The van der Waals surface area contributed by atoms with Crippen molar-refractivity contribution in [3.8, 4) is 0 Å². The number of carboxylic acids is 1. The predicted molar refractivity (Wildman–Crippen MR) is 56.8 cm³/mol. The first-order valence-electron chi connectivity index (χ1n) is 3.90. The van der Waals surface area contributed by atoms with Crippen LogP contribution in [-0.2, 0) is 4.79 Å². The molecule has 6 heteroatoms. The SMILES string of the molecule is CC(O)C(C)SSC[C@H](N)C(=O)O. The molecule has 0 aliphatic carbocycles. The van der Waals surface area contributed by atoms with Crippen molar-refractivity contribution < 1.29 is 15.0 Å². The van der Waals surface area contributed by atoms with Crippen molar-refractivity contribution in [3.63, 3.8) is 0 Å². The van der Waals surface area contributed by atoms with Gasteiger partial charge in [-0.1, -0.05) is 21.6 Å². The van der Waals surface area contributed by atoms with Crippen LogP contribution >= 0.6 is 21.6 Å². The second kappa shape index (κ2) is 6.53. The quantitative estimate of drug-likeness (QED) is 0.573. The molecular weight excluding hydrogens is 210 g/mol. The molecule has 0 spiro atoms. The first-order valence-corrected chi connectivity index (χ1v) is 6.28. The summed E-state index contributed by atoms with van der Waals surface area (Å²) in [7, 11) is 2.83. The van der Waals surface area contributed by atoms with E-state index in [1.165, 1.54) is 21.6 Å². The number of nitrogens with two attached hydrogens (primary N) is 1. The van der Waals surface area contributed by atoms with Crippen LogP contribution in [0.2, 0.25) is 0 Å². The lowest BCUT2D eigenvalue weighted by molar-refractivity contribution is -0.137. The number of aliphatic hydroxyl groups is 1. The van der Waals surface area contributed by atoms with Crippen LogP contribution in [0.1, 0.15) is 13.8 Å². The van der Waals surface area contributed by atoms with Crippen molar-refractivity contribution in [2.75, 3.05) is 5.75 Å². The van der Waals surface area contributed by atoms with Crippen LogP contribution in [0.4, 0.5) is 0 Å². The summed E-state index contributed by atoms with van der Waals surface area (Å²) < 4.78 is 0. The molecule has 4 nitrogen and oxygen atoms in total. The lowest BCUT2D eigenvalue weighted by Crippen LogP contribution is -2.32. The summed E-state index contributed by atoms with van der Waals surface area (Å²) in [4.78, 5) is 10.3. The van der Waals surface area contributed by atoms with Crippen LogP contribution in [0.15, 0.2) is 0 Å². The molecule has 0 aromatic rings. The summed E-state index contributed by atoms with van der Waals surface area (Å²) in [6.45, 7) is 3.59. The highest BCUT2D eigenvalue weighted by molar-refractivity contribution is 8.77. The molecule has 0 aliphatic heterocycles. The van der Waals surface area contributed by atoms with E-state index < -0.39 is 18.1 Å². The van der Waals surface area contributed by atoms with Gasteiger partial charge in [0.15, 0.2) is 0 Å². The molecule has 4 N–H and O–H groups in total. The van der Waals surface area contributed by atoms with Gasteiger partial charge in [-0.2, -0.15) is 0 Å². The second-order valence-corrected chi connectivity index (χ2v) is 5.56. The van der Waals surface area contributed by atoms with Gasteiger partial charge in [0.05, 0.1) is 6.10 Å². The van der Waals surface area contributed by atoms with Crippen molar-refractivity contribution >= 4 is 27.6 Å². The monoisotopic (exact) mass is 225 g/mol. The van der Waals surface area contributed by atoms with E-state index in [-0.39, 0.29) is 5.25 Å². The highest BCUT2D eigenvalue weighted by atomic mass is 33.1. The standard InChI is InChI=1S/C7H15NO3S2/c1-4(9)5(2)13-12-3-6(8)7(10)11/h4-6,9H,3,8H2,1-2H3,(H,10,11)/t4?,5?,6-/m0/s1. The number of hydrogen-bond donors (Lipinski definition) is 3. The van der Waals surface area contributed by atoms with Gasteiger partial charge in [0.2, 0.25) is 0 Å². The highest BCUT2D eigenvalue weighted by Crippen LogP contribution is 2.28. The molecule has 0 heterocycles. The molecular formula is C7H15NO3S2. The van der Waals surface area contributed by atoms with Crippen molar-refractivity contribution in [1.29, 1.82) is 0 Å². The van der Waals surface area contributed by atoms with E-state index >= 15 is 0 Å². The van der Waals surface area contributed by atoms with Crippen LogP contribution in [0.5, 0.6) is 0 Å². The van der Waals surface area contributed by atoms with Crippen LogP contribution < -0.4 is 5.73 Å². The fourth-order valence-corrected chi connectivity index (χ4v) is 2.92. The molecule has 0 aromatic heterocycles. The van der Waals surface area contributed by atoms with E-state index in [9.17, 15) is 4.79 Å². The maximum absolute atomic E-state index is 10.3. The average molecular weight is 225 g/mol. The molecule has 0 rings (SSSR count). The number of hydrogen-bond acceptors (Lipinski definition) is 5. The van der Waals surface area contributed by atoms with E-state index in [4.69, 9.17) is 15.9 Å². The van der Waals surface area contributed by atoms with Gasteiger partial charge in [0, 0.05) is 11.0 Å². The van der Waals surface area contributed by atoms with Crippen molar-refractivity contribution in [3.05, 3.63) is 0 Å². The van der Waals surface area contributed by atoms with Crippen molar-refractivity contribution in [1.82, 2.24) is 0 Å². The zero-order valence-corrected chi connectivity index (χ0v) is 9.27. The Bertz CT molecular complexity index is 166. The van der Waals surface area contributed by atoms with Gasteiger partial charge >= 0.3 is 5.97 Å². The number of aliphatic hydroxyl groups excluding tert-OH is 1. The lowest BCUT2D eigenvalue weighted by atomic mass is 10.3. The maximum atomic E-state index is 10.3. The summed E-state index contributed by atoms with van der Waals surface area (Å²) >= 11 is 0. The highest BCUT2D eigenvalue weighted by Gasteiger charge is 2.14. The second-order valence-electron chi connectivity index (χ2n) is 2.77. The van der Waals surface area contributed by atoms with Gasteiger partial charge in [-0.3, -0.25) is 4.79 Å². The molecule has 0 radical (unpaired) electrons. The van der Waals surface area contributed by atoms with E-state index in [2.05, 4.69) is 0 Å². The normalized spacial score (nSPS) is 17.8. The molecule has 2 unspecified atom stereocenters. The van der Waals surface area contributed by atoms with E-state index in [0.717, 1.165) is 0 Å². The minimum absolute atomic E-state index is 0.0889. The molecule has 0 bridgehead atoms. The van der Waals surface area contributed by atoms with Crippen LogP contribution in [0.25, 0.3) is 0 Å². The van der Waals surface area contributed by atoms with E-state index in [1.54, 1.807) is 6.92 Å². The zero-order chi connectivity index (χ0) is 10.4. The third-order valence-corrected chi connectivity index (χ3v) is 4.52. The summed E-state index contributed by atoms with van der Waals surface area (Å²) in [5.41, 5.74) is 5.28. The fraction of sp³-hybridized carbons (Fsp3) is 0.857. The fourth-order valence-electron chi connectivity index (χ4n) is 0.372. The topological polar surface area (TPSA) is 83.5 Å². The van der Waals surface area contributed by atoms with Crippen molar-refractivity contribution in [2.24, 2.45) is 5.73 Å². The maximum Gasteiger partial charge on any atom is 0.321 e. The number of carbonyl (C=O) groups is 1. The molecule has 0 saturated heterocycles. The molecule has 0 fully saturated rings. The molecule has 0 aromatic carbocycles.